The van der Waals surface area contributed by atoms with Gasteiger partial charge in [-0.15, -0.1) is 5.10 Å². The van der Waals surface area contributed by atoms with Gasteiger partial charge in [0, 0.05) is 17.9 Å². The molecule has 2 heterocycles. The van der Waals surface area contributed by atoms with Crippen molar-refractivity contribution in [1.29, 1.82) is 0 Å². The van der Waals surface area contributed by atoms with Crippen LogP contribution in [0.1, 0.15) is 25.2 Å². The highest BCUT2D eigenvalue weighted by Crippen LogP contribution is 2.08. The minimum atomic E-state index is 0.572. The molecule has 2 rings (SSSR count). The highest BCUT2D eigenvalue weighted by atomic mass is 15.4. The molecule has 0 saturated carbocycles. The third kappa shape index (κ3) is 2.13. The molecule has 86 valence electrons. The van der Waals surface area contributed by atoms with Crippen LogP contribution in [-0.2, 0) is 0 Å². The molecular formula is C11H17N5. The molecule has 0 aliphatic heterocycles. The number of nitrogens with zero attached hydrogens (tertiary/aromatic N) is 4. The van der Waals surface area contributed by atoms with Crippen molar-refractivity contribution in [1.82, 2.24) is 19.6 Å². The minimum absolute atomic E-state index is 0.572. The Bertz CT molecular complexity index is 500. The second-order valence-electron chi connectivity index (χ2n) is 4.46. The Morgan fingerprint density at radius 1 is 1.31 bits per heavy atom. The second-order valence-corrected chi connectivity index (χ2v) is 4.46. The monoisotopic (exact) mass is 219 g/mol. The van der Waals surface area contributed by atoms with Crippen LogP contribution in [0, 0.1) is 19.8 Å². The summed E-state index contributed by atoms with van der Waals surface area (Å²) in [5, 5.41) is 7.55. The van der Waals surface area contributed by atoms with Gasteiger partial charge < -0.3 is 5.32 Å². The highest BCUT2D eigenvalue weighted by Gasteiger charge is 2.07. The van der Waals surface area contributed by atoms with E-state index in [0.29, 0.717) is 17.6 Å². The molecule has 1 N–H and O–H groups in total. The van der Waals surface area contributed by atoms with E-state index in [4.69, 9.17) is 0 Å². The molecule has 2 aromatic rings. The van der Waals surface area contributed by atoms with Gasteiger partial charge in [-0.25, -0.2) is 4.98 Å². The zero-order chi connectivity index (χ0) is 11.7. The van der Waals surface area contributed by atoms with Gasteiger partial charge in [-0.3, -0.25) is 0 Å². The highest BCUT2D eigenvalue weighted by molar-refractivity contribution is 5.38. The average molecular weight is 219 g/mol. The molecule has 0 fully saturated rings. The molecule has 0 saturated heterocycles. The lowest BCUT2D eigenvalue weighted by Crippen LogP contribution is -2.09. The molecule has 16 heavy (non-hydrogen) atoms. The van der Waals surface area contributed by atoms with E-state index in [1.54, 1.807) is 4.52 Å². The Labute approximate surface area is 94.9 Å². The van der Waals surface area contributed by atoms with E-state index in [0.717, 1.165) is 17.9 Å². The van der Waals surface area contributed by atoms with Crippen molar-refractivity contribution < 1.29 is 0 Å². The van der Waals surface area contributed by atoms with Gasteiger partial charge in [0.25, 0.3) is 5.78 Å². The summed E-state index contributed by atoms with van der Waals surface area (Å²) in [6, 6.07) is 1.99. The molecule has 0 aliphatic rings. The standard InChI is InChI=1S/C11H17N5/c1-7(2)6-12-10-14-11-13-8(3)5-9(4)16(11)15-10/h5,7H,6H2,1-4H3,(H,12,15). The first-order valence-corrected chi connectivity index (χ1v) is 5.51. The fourth-order valence-corrected chi connectivity index (χ4v) is 1.54. The van der Waals surface area contributed by atoms with Gasteiger partial charge in [-0.1, -0.05) is 13.8 Å². The van der Waals surface area contributed by atoms with Gasteiger partial charge in [-0.2, -0.15) is 9.50 Å². The topological polar surface area (TPSA) is 55.1 Å². The molecule has 5 heteroatoms. The SMILES string of the molecule is Cc1cc(C)n2nc(NCC(C)C)nc2n1. The van der Waals surface area contributed by atoms with Gasteiger partial charge in [-0.05, 0) is 25.8 Å². The predicted molar refractivity (Wildman–Crippen MR) is 63.6 cm³/mol. The Balaban J connectivity index is 2.33. The van der Waals surface area contributed by atoms with E-state index in [2.05, 4.69) is 34.2 Å². The molecule has 0 spiro atoms. The number of hydrogen-bond acceptors (Lipinski definition) is 4. The Hall–Kier alpha value is -1.65. The van der Waals surface area contributed by atoms with Crippen LogP contribution in [0.15, 0.2) is 6.07 Å². The summed E-state index contributed by atoms with van der Waals surface area (Å²) >= 11 is 0. The van der Waals surface area contributed by atoms with Crippen molar-refractivity contribution in [3.8, 4) is 0 Å². The van der Waals surface area contributed by atoms with Crippen LogP contribution in [0.25, 0.3) is 5.78 Å². The van der Waals surface area contributed by atoms with Crippen LogP contribution < -0.4 is 5.32 Å². The molecule has 0 radical (unpaired) electrons. The van der Waals surface area contributed by atoms with Crippen LogP contribution in [0.2, 0.25) is 0 Å². The average Bonchev–Trinajstić information content (AvgIpc) is 2.57. The van der Waals surface area contributed by atoms with Crippen molar-refractivity contribution in [2.24, 2.45) is 5.92 Å². The van der Waals surface area contributed by atoms with Crippen molar-refractivity contribution in [3.63, 3.8) is 0 Å². The summed E-state index contributed by atoms with van der Waals surface area (Å²) in [6.07, 6.45) is 0. The molecule has 5 nitrogen and oxygen atoms in total. The van der Waals surface area contributed by atoms with Crippen molar-refractivity contribution in [2.45, 2.75) is 27.7 Å². The summed E-state index contributed by atoms with van der Waals surface area (Å²) in [7, 11) is 0. The van der Waals surface area contributed by atoms with Gasteiger partial charge >= 0.3 is 0 Å². The van der Waals surface area contributed by atoms with E-state index in [-0.39, 0.29) is 0 Å². The Kier molecular flexibility index (Phi) is 2.77. The van der Waals surface area contributed by atoms with E-state index in [1.807, 2.05) is 19.9 Å². The van der Waals surface area contributed by atoms with Crippen LogP contribution in [0.5, 0.6) is 0 Å². The third-order valence-corrected chi connectivity index (χ3v) is 2.29. The number of nitrogens with one attached hydrogen (secondary N) is 1. The lowest BCUT2D eigenvalue weighted by atomic mass is 10.2. The molecule has 0 atom stereocenters. The maximum Gasteiger partial charge on any atom is 0.254 e. The lowest BCUT2D eigenvalue weighted by molar-refractivity contribution is 0.684. The molecule has 0 aromatic carbocycles. The quantitative estimate of drug-likeness (QED) is 0.855. The lowest BCUT2D eigenvalue weighted by Gasteiger charge is -2.03. The van der Waals surface area contributed by atoms with Crippen LogP contribution in [0.3, 0.4) is 0 Å². The van der Waals surface area contributed by atoms with E-state index in [1.165, 1.54) is 0 Å². The van der Waals surface area contributed by atoms with Crippen molar-refractivity contribution in [2.75, 3.05) is 11.9 Å². The Morgan fingerprint density at radius 3 is 2.75 bits per heavy atom. The third-order valence-electron chi connectivity index (χ3n) is 2.29. The number of aryl methyl sites for hydroxylation is 2. The fourth-order valence-electron chi connectivity index (χ4n) is 1.54. The van der Waals surface area contributed by atoms with Crippen LogP contribution >= 0.6 is 0 Å². The second kappa shape index (κ2) is 4.08. The van der Waals surface area contributed by atoms with E-state index in [9.17, 15) is 0 Å². The molecular weight excluding hydrogens is 202 g/mol. The summed E-state index contributed by atoms with van der Waals surface area (Å²) in [6.45, 7) is 9.13. The molecule has 0 bridgehead atoms. The normalized spacial score (nSPS) is 11.3. The summed E-state index contributed by atoms with van der Waals surface area (Å²) in [4.78, 5) is 8.67. The predicted octanol–water partition coefficient (Wildman–Crippen LogP) is 1.81. The largest absolute Gasteiger partial charge is 0.353 e. The van der Waals surface area contributed by atoms with Gasteiger partial charge in [0.1, 0.15) is 0 Å². The van der Waals surface area contributed by atoms with Gasteiger partial charge in [0.05, 0.1) is 0 Å². The first-order valence-electron chi connectivity index (χ1n) is 5.51. The maximum absolute atomic E-state index is 4.36. The number of hydrogen-bond donors (Lipinski definition) is 1. The van der Waals surface area contributed by atoms with E-state index >= 15 is 0 Å². The first kappa shape index (κ1) is 10.9. The first-order chi connectivity index (χ1) is 7.56. The van der Waals surface area contributed by atoms with Crippen molar-refractivity contribution >= 4 is 11.7 Å². The maximum atomic E-state index is 4.36. The van der Waals surface area contributed by atoms with Gasteiger partial charge in [0.15, 0.2) is 0 Å². The van der Waals surface area contributed by atoms with Crippen LogP contribution in [-0.4, -0.2) is 26.1 Å². The van der Waals surface area contributed by atoms with Crippen LogP contribution in [0.4, 0.5) is 5.95 Å². The summed E-state index contributed by atoms with van der Waals surface area (Å²) in [5.41, 5.74) is 2.01. The zero-order valence-corrected chi connectivity index (χ0v) is 10.2. The molecule has 0 amide bonds. The number of fused-ring (bicyclic) bond motifs is 1. The molecule has 2 aromatic heterocycles. The summed E-state index contributed by atoms with van der Waals surface area (Å²) < 4.78 is 1.76. The van der Waals surface area contributed by atoms with Gasteiger partial charge in [0.2, 0.25) is 5.95 Å². The van der Waals surface area contributed by atoms with Crippen molar-refractivity contribution in [3.05, 3.63) is 17.5 Å². The Morgan fingerprint density at radius 2 is 2.06 bits per heavy atom. The zero-order valence-electron chi connectivity index (χ0n) is 10.2. The molecule has 0 aliphatic carbocycles. The number of rotatable bonds is 3. The number of aromatic nitrogens is 4. The van der Waals surface area contributed by atoms with E-state index < -0.39 is 0 Å². The number of anilines is 1. The molecule has 0 unspecified atom stereocenters. The smallest absolute Gasteiger partial charge is 0.254 e. The fraction of sp³-hybridized carbons (Fsp3) is 0.545. The summed E-state index contributed by atoms with van der Waals surface area (Å²) in [5.74, 6) is 1.88. The minimum Gasteiger partial charge on any atom is -0.353 e.